The average molecular weight is 273 g/mol. The van der Waals surface area contributed by atoms with Crippen molar-refractivity contribution in [1.82, 2.24) is 4.90 Å². The second kappa shape index (κ2) is 5.65. The normalized spacial score (nSPS) is 26.4. The highest BCUT2D eigenvalue weighted by Gasteiger charge is 2.31. The van der Waals surface area contributed by atoms with Gasteiger partial charge in [-0.1, -0.05) is 0 Å². The number of rotatable bonds is 3. The molecule has 2 aliphatic rings. The van der Waals surface area contributed by atoms with Crippen LogP contribution in [0.1, 0.15) is 31.2 Å². The molecular weight excluding hydrogens is 246 g/mol. The lowest BCUT2D eigenvalue weighted by Crippen LogP contribution is -2.42. The van der Waals surface area contributed by atoms with E-state index < -0.39 is 0 Å². The highest BCUT2D eigenvalue weighted by molar-refractivity contribution is 5.60. The number of hydrogen-bond acceptors (Lipinski definition) is 3. The second-order valence-electron chi connectivity index (χ2n) is 6.59. The van der Waals surface area contributed by atoms with Gasteiger partial charge in [0, 0.05) is 44.1 Å². The third kappa shape index (κ3) is 2.78. The van der Waals surface area contributed by atoms with Crippen LogP contribution in [-0.2, 0) is 0 Å². The second-order valence-corrected chi connectivity index (χ2v) is 6.59. The van der Waals surface area contributed by atoms with E-state index in [0.717, 1.165) is 6.04 Å². The number of anilines is 2. The molecule has 0 radical (unpaired) electrons. The Morgan fingerprint density at radius 3 is 2.80 bits per heavy atom. The molecule has 1 aromatic carbocycles. The minimum absolute atomic E-state index is 0.651. The highest BCUT2D eigenvalue weighted by atomic mass is 15.2. The summed E-state index contributed by atoms with van der Waals surface area (Å²) in [4.78, 5) is 4.84. The Morgan fingerprint density at radius 1 is 1.20 bits per heavy atom. The van der Waals surface area contributed by atoms with Gasteiger partial charge in [-0.3, -0.25) is 0 Å². The molecule has 0 amide bonds. The van der Waals surface area contributed by atoms with Gasteiger partial charge in [0.25, 0.3) is 0 Å². The summed E-state index contributed by atoms with van der Waals surface area (Å²) in [7, 11) is 4.19. The zero-order valence-electron chi connectivity index (χ0n) is 13.0. The van der Waals surface area contributed by atoms with Crippen LogP contribution in [0, 0.1) is 6.92 Å². The number of aryl methyl sites for hydroxylation is 1. The van der Waals surface area contributed by atoms with Crippen LogP contribution in [0.2, 0.25) is 0 Å². The lowest BCUT2D eigenvalue weighted by Gasteiger charge is -2.36. The van der Waals surface area contributed by atoms with Gasteiger partial charge in [-0.25, -0.2) is 0 Å². The Bertz CT molecular complexity index is 469. The summed E-state index contributed by atoms with van der Waals surface area (Å²) in [5.41, 5.74) is 3.94. The van der Waals surface area contributed by atoms with Gasteiger partial charge in [-0.2, -0.15) is 0 Å². The fourth-order valence-electron chi connectivity index (χ4n) is 3.66. The summed E-state index contributed by atoms with van der Waals surface area (Å²) in [5, 5.41) is 3.78. The molecule has 2 aliphatic heterocycles. The van der Waals surface area contributed by atoms with Gasteiger partial charge in [-0.15, -0.1) is 0 Å². The lowest BCUT2D eigenvalue weighted by molar-refractivity contribution is 0.188. The number of fused-ring (bicyclic) bond motifs is 1. The van der Waals surface area contributed by atoms with Crippen LogP contribution in [0.15, 0.2) is 18.2 Å². The van der Waals surface area contributed by atoms with E-state index in [1.165, 1.54) is 55.7 Å². The largest absolute Gasteiger partial charge is 0.382 e. The van der Waals surface area contributed by atoms with E-state index in [0.29, 0.717) is 6.04 Å². The molecule has 0 saturated carbocycles. The topological polar surface area (TPSA) is 18.5 Å². The first kappa shape index (κ1) is 13.7. The summed E-state index contributed by atoms with van der Waals surface area (Å²) in [6.07, 6.45) is 5.39. The standard InChI is InChI=1S/C17H27N3/c1-13-11-15(19(2)3)6-7-17(13)18-14-8-10-20-9-4-5-16(20)12-14/h6-7,11,14,16,18H,4-5,8-10,12H2,1-3H3. The van der Waals surface area contributed by atoms with Crippen molar-refractivity contribution in [3.05, 3.63) is 23.8 Å². The molecule has 0 aromatic heterocycles. The molecular formula is C17H27N3. The van der Waals surface area contributed by atoms with Crippen molar-refractivity contribution >= 4 is 11.4 Å². The van der Waals surface area contributed by atoms with Gasteiger partial charge in [0.15, 0.2) is 0 Å². The Kier molecular flexibility index (Phi) is 3.88. The molecule has 2 unspecified atom stereocenters. The molecule has 2 atom stereocenters. The van der Waals surface area contributed by atoms with Gasteiger partial charge in [0.2, 0.25) is 0 Å². The van der Waals surface area contributed by atoms with Crippen LogP contribution in [0.25, 0.3) is 0 Å². The van der Waals surface area contributed by atoms with Gasteiger partial charge in [0.05, 0.1) is 0 Å². The van der Waals surface area contributed by atoms with Gasteiger partial charge in [0.1, 0.15) is 0 Å². The van der Waals surface area contributed by atoms with Crippen molar-refractivity contribution in [1.29, 1.82) is 0 Å². The fraction of sp³-hybridized carbons (Fsp3) is 0.647. The van der Waals surface area contributed by atoms with E-state index in [1.807, 2.05) is 0 Å². The Balaban J connectivity index is 1.65. The van der Waals surface area contributed by atoms with Gasteiger partial charge in [-0.05, 0) is 62.9 Å². The maximum Gasteiger partial charge on any atom is 0.0373 e. The first-order valence-electron chi connectivity index (χ1n) is 7.92. The number of nitrogens with zero attached hydrogens (tertiary/aromatic N) is 2. The van der Waals surface area contributed by atoms with Crippen LogP contribution >= 0.6 is 0 Å². The van der Waals surface area contributed by atoms with Crippen molar-refractivity contribution in [3.8, 4) is 0 Å². The zero-order valence-corrected chi connectivity index (χ0v) is 13.0. The van der Waals surface area contributed by atoms with Crippen molar-refractivity contribution < 1.29 is 0 Å². The summed E-state index contributed by atoms with van der Waals surface area (Å²) in [6.45, 7) is 4.81. The third-order valence-electron chi connectivity index (χ3n) is 4.91. The minimum atomic E-state index is 0.651. The molecule has 0 aliphatic carbocycles. The predicted molar refractivity (Wildman–Crippen MR) is 86.7 cm³/mol. The van der Waals surface area contributed by atoms with Crippen molar-refractivity contribution in [2.24, 2.45) is 0 Å². The quantitative estimate of drug-likeness (QED) is 0.913. The van der Waals surface area contributed by atoms with E-state index in [4.69, 9.17) is 0 Å². The van der Waals surface area contributed by atoms with E-state index in [9.17, 15) is 0 Å². The summed E-state index contributed by atoms with van der Waals surface area (Å²) >= 11 is 0. The van der Waals surface area contributed by atoms with E-state index in [1.54, 1.807) is 0 Å². The molecule has 110 valence electrons. The number of piperidine rings is 1. The maximum atomic E-state index is 3.78. The molecule has 2 fully saturated rings. The van der Waals surface area contributed by atoms with Crippen LogP contribution in [0.3, 0.4) is 0 Å². The Morgan fingerprint density at radius 2 is 2.05 bits per heavy atom. The first-order valence-corrected chi connectivity index (χ1v) is 7.92. The van der Waals surface area contributed by atoms with Crippen molar-refractivity contribution in [2.75, 3.05) is 37.4 Å². The summed E-state index contributed by atoms with van der Waals surface area (Å²) in [5.74, 6) is 0. The van der Waals surface area contributed by atoms with Crippen LogP contribution < -0.4 is 10.2 Å². The lowest BCUT2D eigenvalue weighted by atomic mass is 9.97. The third-order valence-corrected chi connectivity index (χ3v) is 4.91. The van der Waals surface area contributed by atoms with E-state index in [2.05, 4.69) is 54.3 Å². The Labute approximate surface area is 123 Å². The predicted octanol–water partition coefficient (Wildman–Crippen LogP) is 3.10. The molecule has 20 heavy (non-hydrogen) atoms. The van der Waals surface area contributed by atoms with Crippen molar-refractivity contribution in [3.63, 3.8) is 0 Å². The van der Waals surface area contributed by atoms with Crippen LogP contribution in [0.5, 0.6) is 0 Å². The number of benzene rings is 1. The molecule has 0 bridgehead atoms. The molecule has 0 spiro atoms. The van der Waals surface area contributed by atoms with Crippen LogP contribution in [-0.4, -0.2) is 44.2 Å². The van der Waals surface area contributed by atoms with E-state index in [-0.39, 0.29) is 0 Å². The molecule has 1 aromatic rings. The molecule has 1 N–H and O–H groups in total. The number of nitrogens with one attached hydrogen (secondary N) is 1. The SMILES string of the molecule is Cc1cc(N(C)C)ccc1NC1CCN2CCCC2C1. The molecule has 3 nitrogen and oxygen atoms in total. The average Bonchev–Trinajstić information content (AvgIpc) is 2.88. The van der Waals surface area contributed by atoms with E-state index >= 15 is 0 Å². The summed E-state index contributed by atoms with van der Waals surface area (Å²) in [6, 6.07) is 8.21. The fourth-order valence-corrected chi connectivity index (χ4v) is 3.66. The smallest absolute Gasteiger partial charge is 0.0373 e. The van der Waals surface area contributed by atoms with Gasteiger partial charge >= 0.3 is 0 Å². The van der Waals surface area contributed by atoms with Crippen molar-refractivity contribution in [2.45, 2.75) is 44.7 Å². The molecule has 3 rings (SSSR count). The summed E-state index contributed by atoms with van der Waals surface area (Å²) < 4.78 is 0. The molecule has 2 saturated heterocycles. The Hall–Kier alpha value is -1.22. The first-order chi connectivity index (χ1) is 9.63. The monoisotopic (exact) mass is 273 g/mol. The zero-order chi connectivity index (χ0) is 14.1. The molecule has 3 heteroatoms. The number of hydrogen-bond donors (Lipinski definition) is 1. The van der Waals surface area contributed by atoms with Crippen LogP contribution in [0.4, 0.5) is 11.4 Å². The highest BCUT2D eigenvalue weighted by Crippen LogP contribution is 2.30. The molecule has 2 heterocycles. The minimum Gasteiger partial charge on any atom is -0.382 e. The van der Waals surface area contributed by atoms with Gasteiger partial charge < -0.3 is 15.1 Å². The maximum absolute atomic E-state index is 3.78.